The maximum atomic E-state index is 12.8. The number of amides is 2. The first-order chi connectivity index (χ1) is 20.4. The smallest absolute Gasteiger partial charge is 0.383 e. The van der Waals surface area contributed by atoms with E-state index in [-0.39, 0.29) is 17.2 Å². The predicted octanol–water partition coefficient (Wildman–Crippen LogP) is 5.50. The largest absolute Gasteiger partial charge is 0.416 e. The van der Waals surface area contributed by atoms with E-state index in [1.54, 1.807) is 37.9 Å². The number of carbonyl (C=O) groups excluding carboxylic acids is 2. The van der Waals surface area contributed by atoms with E-state index in [0.717, 1.165) is 37.2 Å². The second kappa shape index (κ2) is 15.5. The van der Waals surface area contributed by atoms with Crippen molar-refractivity contribution in [1.82, 2.24) is 19.9 Å². The topological polar surface area (TPSA) is 126 Å². The highest BCUT2D eigenvalue weighted by Gasteiger charge is 2.31. The van der Waals surface area contributed by atoms with Crippen molar-refractivity contribution in [3.05, 3.63) is 76.9 Å². The van der Waals surface area contributed by atoms with Crippen molar-refractivity contribution in [2.24, 2.45) is 10.9 Å². The van der Waals surface area contributed by atoms with E-state index in [0.29, 0.717) is 40.8 Å². The first kappa shape index (κ1) is 33.5. The van der Waals surface area contributed by atoms with Crippen LogP contribution >= 0.6 is 11.8 Å². The fraction of sp³-hybridized carbons (Fsp3) is 0.400. The number of hydrogen-bond donors (Lipinski definition) is 2. The molecule has 2 amide bonds. The van der Waals surface area contributed by atoms with E-state index in [9.17, 15) is 22.8 Å². The van der Waals surface area contributed by atoms with E-state index in [2.05, 4.69) is 32.2 Å². The van der Waals surface area contributed by atoms with Crippen LogP contribution in [-0.4, -0.2) is 69.5 Å². The lowest BCUT2D eigenvalue weighted by atomic mass is 10.00. The summed E-state index contributed by atoms with van der Waals surface area (Å²) in [6.07, 6.45) is 3.05. The third-order valence-electron chi connectivity index (χ3n) is 6.81. The highest BCUT2D eigenvalue weighted by atomic mass is 32.2. The average Bonchev–Trinajstić information content (AvgIpc) is 2.98. The van der Waals surface area contributed by atoms with Crippen LogP contribution in [0.1, 0.15) is 58.9 Å². The van der Waals surface area contributed by atoms with E-state index in [4.69, 9.17) is 5.73 Å². The number of rotatable bonds is 7. The summed E-state index contributed by atoms with van der Waals surface area (Å²) >= 11 is 1.75. The molecule has 0 bridgehead atoms. The molecule has 1 fully saturated rings. The van der Waals surface area contributed by atoms with Gasteiger partial charge in [0, 0.05) is 49.6 Å². The molecule has 0 radical (unpaired) electrons. The number of hydrogen-bond acceptors (Lipinski definition) is 8. The number of halogens is 3. The molecule has 1 atom stereocenters. The third-order valence-corrected chi connectivity index (χ3v) is 7.42. The van der Waals surface area contributed by atoms with Gasteiger partial charge in [0.05, 0.1) is 22.5 Å². The van der Waals surface area contributed by atoms with Crippen molar-refractivity contribution in [1.29, 1.82) is 0 Å². The molecule has 13 heteroatoms. The van der Waals surface area contributed by atoms with Crippen molar-refractivity contribution < 1.29 is 22.8 Å². The number of nitrogens with two attached hydrogens (primary N) is 1. The second-order valence-electron chi connectivity index (χ2n) is 10.1. The summed E-state index contributed by atoms with van der Waals surface area (Å²) in [5.74, 6) is 1.50. The predicted molar refractivity (Wildman–Crippen MR) is 164 cm³/mol. The van der Waals surface area contributed by atoms with Crippen LogP contribution in [0.15, 0.2) is 53.9 Å². The summed E-state index contributed by atoms with van der Waals surface area (Å²) < 4.78 is 38.4. The molecule has 1 aliphatic rings. The minimum atomic E-state index is -4.53. The standard InChI is InChI=1S/C20H17F3N6O.C10H19NOS/c1-11-16(18(24)28-10-27-11)17(25-2)12-3-5-13(6-4-12)19(30)29-15-9-14(7-8-26-15)20(21,22)23;1-9-4-3-6-11(8-9)10(12)5-7-13-2/h3-10H,1-2H3,(H2,24,27,28)(H,26,29,30);9H,3-8H2,1-2H3. The van der Waals surface area contributed by atoms with Crippen molar-refractivity contribution in [2.75, 3.05) is 43.2 Å². The Morgan fingerprint density at radius 1 is 1.14 bits per heavy atom. The fourth-order valence-corrected chi connectivity index (χ4v) is 4.96. The maximum absolute atomic E-state index is 12.8. The minimum absolute atomic E-state index is 0.195. The molecule has 230 valence electrons. The number of aromatic nitrogens is 3. The van der Waals surface area contributed by atoms with Gasteiger partial charge in [-0.05, 0) is 56.2 Å². The molecule has 0 saturated carbocycles. The van der Waals surface area contributed by atoms with Gasteiger partial charge < -0.3 is 16.0 Å². The lowest BCUT2D eigenvalue weighted by molar-refractivity contribution is -0.137. The summed E-state index contributed by atoms with van der Waals surface area (Å²) in [4.78, 5) is 42.2. The monoisotopic (exact) mass is 615 g/mol. The first-order valence-corrected chi connectivity index (χ1v) is 15.1. The van der Waals surface area contributed by atoms with E-state index in [1.807, 2.05) is 11.2 Å². The number of nitrogens with one attached hydrogen (secondary N) is 1. The van der Waals surface area contributed by atoms with Crippen LogP contribution in [0.3, 0.4) is 0 Å². The molecule has 1 saturated heterocycles. The van der Waals surface area contributed by atoms with Crippen LogP contribution in [0.5, 0.6) is 0 Å². The molecular weight excluding hydrogens is 579 g/mol. The number of anilines is 2. The molecule has 3 N–H and O–H groups in total. The number of piperidine rings is 1. The Morgan fingerprint density at radius 3 is 2.44 bits per heavy atom. The van der Waals surface area contributed by atoms with Gasteiger partial charge in [-0.25, -0.2) is 15.0 Å². The van der Waals surface area contributed by atoms with Crippen LogP contribution in [0.2, 0.25) is 0 Å². The number of aryl methyl sites for hydroxylation is 1. The number of nitrogens with zero attached hydrogens (tertiary/aromatic N) is 5. The molecular formula is C30H36F3N7O2S. The number of pyridine rings is 1. The molecule has 43 heavy (non-hydrogen) atoms. The summed E-state index contributed by atoms with van der Waals surface area (Å²) in [7, 11) is 1.60. The van der Waals surface area contributed by atoms with Gasteiger partial charge in [0.2, 0.25) is 5.91 Å². The van der Waals surface area contributed by atoms with E-state index < -0.39 is 17.6 Å². The van der Waals surface area contributed by atoms with Crippen LogP contribution in [0, 0.1) is 12.8 Å². The van der Waals surface area contributed by atoms with Gasteiger partial charge in [0.25, 0.3) is 5.91 Å². The zero-order chi connectivity index (χ0) is 31.6. The molecule has 1 unspecified atom stereocenters. The van der Waals surface area contributed by atoms with E-state index in [1.165, 1.54) is 31.3 Å². The number of thioether (sulfide) groups is 1. The molecule has 1 aromatic carbocycles. The van der Waals surface area contributed by atoms with Gasteiger partial charge in [0.1, 0.15) is 18.0 Å². The quantitative estimate of drug-likeness (QED) is 0.336. The molecule has 3 aromatic rings. The zero-order valence-electron chi connectivity index (χ0n) is 24.6. The Balaban J connectivity index is 0.000000326. The average molecular weight is 616 g/mol. The van der Waals surface area contributed by atoms with Crippen molar-refractivity contribution in [3.63, 3.8) is 0 Å². The van der Waals surface area contributed by atoms with Crippen LogP contribution in [0.4, 0.5) is 24.8 Å². The summed E-state index contributed by atoms with van der Waals surface area (Å²) in [5, 5.41) is 2.36. The number of nitrogen functional groups attached to an aromatic ring is 1. The maximum Gasteiger partial charge on any atom is 0.416 e. The van der Waals surface area contributed by atoms with Gasteiger partial charge in [-0.15, -0.1) is 0 Å². The highest BCUT2D eigenvalue weighted by molar-refractivity contribution is 7.98. The molecule has 9 nitrogen and oxygen atoms in total. The Kier molecular flexibility index (Phi) is 12.0. The van der Waals surface area contributed by atoms with Crippen molar-refractivity contribution in [3.8, 4) is 0 Å². The van der Waals surface area contributed by atoms with Crippen molar-refractivity contribution >= 4 is 40.9 Å². The highest BCUT2D eigenvalue weighted by Crippen LogP contribution is 2.30. The lowest BCUT2D eigenvalue weighted by Gasteiger charge is -2.30. The molecule has 0 spiro atoms. The van der Waals surface area contributed by atoms with Crippen LogP contribution in [-0.2, 0) is 11.0 Å². The number of carbonyl (C=O) groups is 2. The zero-order valence-corrected chi connectivity index (χ0v) is 25.4. The van der Waals surface area contributed by atoms with Crippen LogP contribution in [0.25, 0.3) is 0 Å². The molecule has 4 rings (SSSR count). The summed E-state index contributed by atoms with van der Waals surface area (Å²) in [5.41, 5.74) is 7.77. The number of aliphatic imine (C=N–C) groups is 1. The minimum Gasteiger partial charge on any atom is -0.383 e. The van der Waals surface area contributed by atoms with Crippen LogP contribution < -0.4 is 11.1 Å². The Morgan fingerprint density at radius 2 is 1.84 bits per heavy atom. The Bertz CT molecular complexity index is 1410. The Hall–Kier alpha value is -4.00. The van der Waals surface area contributed by atoms with Crippen molar-refractivity contribution in [2.45, 2.75) is 39.3 Å². The first-order valence-electron chi connectivity index (χ1n) is 13.7. The number of alkyl halides is 3. The number of likely N-dealkylation sites (tertiary alicyclic amines) is 1. The van der Waals surface area contributed by atoms with Gasteiger partial charge in [0.15, 0.2) is 0 Å². The van der Waals surface area contributed by atoms with Gasteiger partial charge in [-0.2, -0.15) is 24.9 Å². The summed E-state index contributed by atoms with van der Waals surface area (Å²) in [6.45, 7) is 5.97. The van der Waals surface area contributed by atoms with E-state index >= 15 is 0 Å². The Labute approximate surface area is 253 Å². The van der Waals surface area contributed by atoms with Gasteiger partial charge >= 0.3 is 6.18 Å². The van der Waals surface area contributed by atoms with Gasteiger partial charge in [-0.1, -0.05) is 19.1 Å². The SMILES string of the molecule is CN=C(c1ccc(C(=O)Nc2cc(C(F)(F)F)ccn2)cc1)c1c(C)ncnc1N.CSCCC(=O)N1CCCC(C)C1. The fourth-order valence-electron chi connectivity index (χ4n) is 4.58. The molecule has 1 aliphatic heterocycles. The second-order valence-corrected chi connectivity index (χ2v) is 11.1. The number of benzene rings is 1. The summed E-state index contributed by atoms with van der Waals surface area (Å²) in [6, 6.07) is 7.97. The third kappa shape index (κ3) is 9.50. The lowest BCUT2D eigenvalue weighted by Crippen LogP contribution is -2.39. The normalized spacial score (nSPS) is 15.4. The molecule has 2 aromatic heterocycles. The van der Waals surface area contributed by atoms with Gasteiger partial charge in [-0.3, -0.25) is 14.6 Å². The molecule has 0 aliphatic carbocycles. The molecule has 3 heterocycles.